The molecule has 0 aliphatic rings. The standard InChI is InChI=1S/C11H14N4S2/c1-7(10(12)16)5-15(2)11-9-8(3-4-17-9)13-6-14-11/h3-4,6-7H,5H2,1-2H3,(H2,12,16). The van der Waals surface area contributed by atoms with E-state index in [1.54, 1.807) is 17.7 Å². The molecule has 90 valence electrons. The Kier molecular flexibility index (Phi) is 3.54. The smallest absolute Gasteiger partial charge is 0.149 e. The zero-order valence-corrected chi connectivity index (χ0v) is 11.4. The molecule has 0 amide bonds. The molecule has 0 aliphatic carbocycles. The van der Waals surface area contributed by atoms with Crippen LogP contribution >= 0.6 is 23.6 Å². The molecular formula is C11H14N4S2. The minimum Gasteiger partial charge on any atom is -0.393 e. The summed E-state index contributed by atoms with van der Waals surface area (Å²) < 4.78 is 1.10. The van der Waals surface area contributed by atoms with Crippen LogP contribution in [-0.2, 0) is 0 Å². The van der Waals surface area contributed by atoms with Crippen LogP contribution in [0, 0.1) is 5.92 Å². The van der Waals surface area contributed by atoms with Gasteiger partial charge in [-0.15, -0.1) is 11.3 Å². The second kappa shape index (κ2) is 4.93. The molecule has 0 saturated carbocycles. The van der Waals surface area contributed by atoms with Gasteiger partial charge in [-0.25, -0.2) is 9.97 Å². The van der Waals surface area contributed by atoms with Crippen molar-refractivity contribution < 1.29 is 0 Å². The van der Waals surface area contributed by atoms with Crippen molar-refractivity contribution in [3.63, 3.8) is 0 Å². The molecule has 0 bridgehead atoms. The van der Waals surface area contributed by atoms with E-state index >= 15 is 0 Å². The minimum atomic E-state index is 0.167. The molecule has 1 unspecified atom stereocenters. The Morgan fingerprint density at radius 2 is 2.35 bits per heavy atom. The molecule has 0 radical (unpaired) electrons. The van der Waals surface area contributed by atoms with E-state index in [1.807, 2.05) is 25.4 Å². The Morgan fingerprint density at radius 3 is 3.06 bits per heavy atom. The van der Waals surface area contributed by atoms with Gasteiger partial charge >= 0.3 is 0 Å². The topological polar surface area (TPSA) is 55.0 Å². The van der Waals surface area contributed by atoms with Gasteiger partial charge in [0, 0.05) is 19.5 Å². The van der Waals surface area contributed by atoms with Crippen LogP contribution in [0.5, 0.6) is 0 Å². The van der Waals surface area contributed by atoms with Gasteiger partial charge in [0.1, 0.15) is 12.1 Å². The lowest BCUT2D eigenvalue weighted by Crippen LogP contribution is -2.31. The SMILES string of the molecule is CC(CN(C)c1ncnc2ccsc12)C(N)=S. The van der Waals surface area contributed by atoms with Crippen LogP contribution in [0.25, 0.3) is 10.2 Å². The van der Waals surface area contributed by atoms with Crippen LogP contribution in [0.15, 0.2) is 17.8 Å². The Bertz CT molecular complexity index is 537. The summed E-state index contributed by atoms with van der Waals surface area (Å²) in [7, 11) is 2.00. The Morgan fingerprint density at radius 1 is 1.59 bits per heavy atom. The first-order valence-electron chi connectivity index (χ1n) is 5.28. The maximum atomic E-state index is 5.63. The molecule has 2 aromatic rings. The summed E-state index contributed by atoms with van der Waals surface area (Å²) in [6.07, 6.45) is 1.59. The largest absolute Gasteiger partial charge is 0.393 e. The molecule has 0 fully saturated rings. The third kappa shape index (κ3) is 2.53. The molecule has 0 aliphatic heterocycles. The van der Waals surface area contributed by atoms with Gasteiger partial charge in [-0.1, -0.05) is 19.1 Å². The van der Waals surface area contributed by atoms with Crippen LogP contribution < -0.4 is 10.6 Å². The van der Waals surface area contributed by atoms with E-state index in [1.165, 1.54) is 0 Å². The molecule has 4 nitrogen and oxygen atoms in total. The van der Waals surface area contributed by atoms with Crippen LogP contribution in [0.1, 0.15) is 6.92 Å². The third-order valence-corrected chi connectivity index (χ3v) is 3.92. The van der Waals surface area contributed by atoms with E-state index < -0.39 is 0 Å². The highest BCUT2D eigenvalue weighted by molar-refractivity contribution is 7.80. The van der Waals surface area contributed by atoms with E-state index in [4.69, 9.17) is 18.0 Å². The Balaban J connectivity index is 2.27. The summed E-state index contributed by atoms with van der Waals surface area (Å²) in [6.45, 7) is 2.78. The predicted molar refractivity (Wildman–Crippen MR) is 76.6 cm³/mol. The Labute approximate surface area is 109 Å². The molecule has 2 aromatic heterocycles. The van der Waals surface area contributed by atoms with Gasteiger partial charge < -0.3 is 10.6 Å². The first-order chi connectivity index (χ1) is 8.09. The summed E-state index contributed by atoms with van der Waals surface area (Å²) in [5, 5.41) is 2.02. The fraction of sp³-hybridized carbons (Fsp3) is 0.364. The summed E-state index contributed by atoms with van der Waals surface area (Å²) in [5.41, 5.74) is 6.61. The lowest BCUT2D eigenvalue weighted by Gasteiger charge is -2.22. The van der Waals surface area contributed by atoms with Crippen molar-refractivity contribution in [2.24, 2.45) is 11.7 Å². The monoisotopic (exact) mass is 266 g/mol. The minimum absolute atomic E-state index is 0.167. The zero-order chi connectivity index (χ0) is 12.4. The highest BCUT2D eigenvalue weighted by Crippen LogP contribution is 2.27. The van der Waals surface area contributed by atoms with Gasteiger partial charge in [-0.2, -0.15) is 0 Å². The lowest BCUT2D eigenvalue weighted by molar-refractivity contribution is 0.737. The van der Waals surface area contributed by atoms with E-state index in [2.05, 4.69) is 14.9 Å². The van der Waals surface area contributed by atoms with Crippen LogP contribution in [0.3, 0.4) is 0 Å². The van der Waals surface area contributed by atoms with Crippen molar-refractivity contribution in [3.8, 4) is 0 Å². The van der Waals surface area contributed by atoms with E-state index in [0.29, 0.717) is 4.99 Å². The Hall–Kier alpha value is -1.27. The summed E-state index contributed by atoms with van der Waals surface area (Å²) in [4.78, 5) is 11.2. The van der Waals surface area contributed by atoms with E-state index in [0.717, 1.165) is 22.6 Å². The zero-order valence-electron chi connectivity index (χ0n) is 9.75. The fourth-order valence-electron chi connectivity index (χ4n) is 1.64. The van der Waals surface area contributed by atoms with E-state index in [-0.39, 0.29) is 5.92 Å². The normalized spacial score (nSPS) is 12.6. The van der Waals surface area contributed by atoms with Gasteiger partial charge in [0.25, 0.3) is 0 Å². The van der Waals surface area contributed by atoms with Gasteiger partial charge in [0.15, 0.2) is 0 Å². The number of nitrogens with two attached hydrogens (primary N) is 1. The number of hydrogen-bond donors (Lipinski definition) is 1. The number of anilines is 1. The van der Waals surface area contributed by atoms with Crippen LogP contribution in [0.4, 0.5) is 5.82 Å². The fourth-order valence-corrected chi connectivity index (χ4v) is 2.60. The molecule has 0 spiro atoms. The van der Waals surface area contributed by atoms with Crippen molar-refractivity contribution in [2.75, 3.05) is 18.5 Å². The summed E-state index contributed by atoms with van der Waals surface area (Å²) in [6, 6.07) is 2.00. The molecular weight excluding hydrogens is 252 g/mol. The van der Waals surface area contributed by atoms with Gasteiger partial charge in [-0.3, -0.25) is 0 Å². The first-order valence-corrected chi connectivity index (χ1v) is 6.57. The second-order valence-electron chi connectivity index (χ2n) is 4.02. The maximum Gasteiger partial charge on any atom is 0.149 e. The van der Waals surface area contributed by atoms with E-state index in [9.17, 15) is 0 Å². The number of nitrogens with zero attached hydrogens (tertiary/aromatic N) is 3. The number of rotatable bonds is 4. The molecule has 0 aromatic carbocycles. The van der Waals surface area contributed by atoms with Crippen molar-refractivity contribution in [3.05, 3.63) is 17.8 Å². The lowest BCUT2D eigenvalue weighted by atomic mass is 10.2. The van der Waals surface area contributed by atoms with Crippen molar-refractivity contribution >= 4 is 44.6 Å². The average Bonchev–Trinajstić information content (AvgIpc) is 2.76. The van der Waals surface area contributed by atoms with Gasteiger partial charge in [0.2, 0.25) is 0 Å². The number of hydrogen-bond acceptors (Lipinski definition) is 5. The number of thiophene rings is 1. The highest BCUT2D eigenvalue weighted by atomic mass is 32.1. The summed E-state index contributed by atoms with van der Waals surface area (Å²) in [5.74, 6) is 1.10. The summed E-state index contributed by atoms with van der Waals surface area (Å²) >= 11 is 6.63. The predicted octanol–water partition coefficient (Wildman–Crippen LogP) is 2.05. The average molecular weight is 266 g/mol. The highest BCUT2D eigenvalue weighted by Gasteiger charge is 2.13. The molecule has 6 heteroatoms. The van der Waals surface area contributed by atoms with Gasteiger partial charge in [0.05, 0.1) is 15.2 Å². The number of fused-ring (bicyclic) bond motifs is 1. The number of aromatic nitrogens is 2. The van der Waals surface area contributed by atoms with Crippen molar-refractivity contribution in [1.29, 1.82) is 0 Å². The second-order valence-corrected chi connectivity index (χ2v) is 5.40. The molecule has 17 heavy (non-hydrogen) atoms. The van der Waals surface area contributed by atoms with Gasteiger partial charge in [-0.05, 0) is 11.4 Å². The molecule has 2 heterocycles. The molecule has 1 atom stereocenters. The third-order valence-electron chi connectivity index (χ3n) is 2.62. The van der Waals surface area contributed by atoms with Crippen molar-refractivity contribution in [1.82, 2.24) is 9.97 Å². The van der Waals surface area contributed by atoms with Crippen LogP contribution in [-0.4, -0.2) is 28.5 Å². The molecule has 0 saturated heterocycles. The molecule has 2 rings (SSSR count). The van der Waals surface area contributed by atoms with Crippen LogP contribution in [0.2, 0.25) is 0 Å². The molecule has 2 N–H and O–H groups in total. The quantitative estimate of drug-likeness (QED) is 0.858. The van der Waals surface area contributed by atoms with Crippen molar-refractivity contribution in [2.45, 2.75) is 6.92 Å². The number of thiocarbonyl (C=S) groups is 1. The first kappa shape index (κ1) is 12.2. The maximum absolute atomic E-state index is 5.63.